The minimum absolute atomic E-state index is 0.0435. The molecule has 0 spiro atoms. The maximum atomic E-state index is 12.8. The van der Waals surface area contributed by atoms with Crippen molar-refractivity contribution in [2.75, 3.05) is 35.5 Å². The fraction of sp³-hybridized carbons (Fsp3) is 0.235. The van der Waals surface area contributed by atoms with Gasteiger partial charge in [0, 0.05) is 11.4 Å². The lowest BCUT2D eigenvalue weighted by Crippen LogP contribution is -2.27. The molecule has 0 N–H and O–H groups in total. The third-order valence-corrected chi connectivity index (χ3v) is 10.1. The topological polar surface area (TPSA) is 59.1 Å². The van der Waals surface area contributed by atoms with Crippen LogP contribution in [-0.4, -0.2) is 37.5 Å². The molecule has 42 heavy (non-hydrogen) atoms. The molecule has 6 rings (SSSR count). The maximum absolute atomic E-state index is 12.8. The van der Waals surface area contributed by atoms with Crippen LogP contribution in [0.5, 0.6) is 11.5 Å². The summed E-state index contributed by atoms with van der Waals surface area (Å²) in [5.74, 6) is 2.80. The highest BCUT2D eigenvalue weighted by Crippen LogP contribution is 2.43. The molecule has 0 bridgehead atoms. The fourth-order valence-electron chi connectivity index (χ4n) is 5.37. The molecular formula is C34H32N2O4S2. The van der Waals surface area contributed by atoms with Crippen molar-refractivity contribution in [1.29, 1.82) is 0 Å². The number of methoxy groups -OCH3 is 2. The number of aryl methyl sites for hydroxylation is 2. The molecule has 2 amide bonds. The molecule has 2 aliphatic heterocycles. The van der Waals surface area contributed by atoms with Gasteiger partial charge in [-0.25, -0.2) is 0 Å². The molecule has 2 fully saturated rings. The van der Waals surface area contributed by atoms with Gasteiger partial charge < -0.3 is 9.47 Å². The quantitative estimate of drug-likeness (QED) is 0.207. The van der Waals surface area contributed by atoms with E-state index in [9.17, 15) is 9.59 Å². The molecule has 2 heterocycles. The monoisotopic (exact) mass is 596 g/mol. The molecule has 214 valence electrons. The Morgan fingerprint density at radius 3 is 1.26 bits per heavy atom. The minimum atomic E-state index is -0.0435. The average molecular weight is 597 g/mol. The molecule has 8 heteroatoms. The van der Waals surface area contributed by atoms with E-state index >= 15 is 0 Å². The van der Waals surface area contributed by atoms with E-state index in [0.29, 0.717) is 11.5 Å². The first-order valence-corrected chi connectivity index (χ1v) is 16.0. The van der Waals surface area contributed by atoms with E-state index in [1.807, 2.05) is 58.3 Å². The van der Waals surface area contributed by atoms with Gasteiger partial charge in [0.05, 0.1) is 25.7 Å². The number of benzene rings is 4. The van der Waals surface area contributed by atoms with Crippen LogP contribution in [0.3, 0.4) is 0 Å². The molecular weight excluding hydrogens is 565 g/mol. The fourth-order valence-corrected chi connectivity index (χ4v) is 7.73. The van der Waals surface area contributed by atoms with Crippen molar-refractivity contribution in [1.82, 2.24) is 0 Å². The number of nitrogens with zero attached hydrogens (tertiary/aromatic N) is 2. The molecule has 4 aromatic carbocycles. The predicted octanol–water partition coefficient (Wildman–Crippen LogP) is 7.05. The number of hydrogen-bond donors (Lipinski definition) is 0. The Morgan fingerprint density at radius 2 is 0.929 bits per heavy atom. The van der Waals surface area contributed by atoms with E-state index in [-0.39, 0.29) is 22.6 Å². The summed E-state index contributed by atoms with van der Waals surface area (Å²) in [6.07, 6.45) is 1.77. The van der Waals surface area contributed by atoms with Crippen LogP contribution >= 0.6 is 23.5 Å². The van der Waals surface area contributed by atoms with Gasteiger partial charge in [-0.3, -0.25) is 19.4 Å². The second kappa shape index (κ2) is 12.5. The molecule has 0 aromatic heterocycles. The average Bonchev–Trinajstić information content (AvgIpc) is 3.63. The number of thioether (sulfide) groups is 2. The lowest BCUT2D eigenvalue weighted by atomic mass is 10.0. The van der Waals surface area contributed by atoms with Crippen molar-refractivity contribution in [3.8, 4) is 11.5 Å². The van der Waals surface area contributed by atoms with Gasteiger partial charge in [-0.2, -0.15) is 0 Å². The highest BCUT2D eigenvalue weighted by atomic mass is 32.2. The molecule has 2 atom stereocenters. The number of carbonyl (C=O) groups is 2. The van der Waals surface area contributed by atoms with E-state index in [4.69, 9.17) is 9.47 Å². The first-order chi connectivity index (χ1) is 20.5. The number of ether oxygens (including phenoxy) is 2. The molecule has 0 radical (unpaired) electrons. The van der Waals surface area contributed by atoms with Crippen molar-refractivity contribution < 1.29 is 19.1 Å². The largest absolute Gasteiger partial charge is 0.497 e. The molecule has 0 aliphatic carbocycles. The second-order valence-corrected chi connectivity index (χ2v) is 12.4. The van der Waals surface area contributed by atoms with E-state index in [2.05, 4.69) is 48.5 Å². The summed E-state index contributed by atoms with van der Waals surface area (Å²) in [6.45, 7) is 0. The van der Waals surface area contributed by atoms with E-state index in [0.717, 1.165) is 46.8 Å². The van der Waals surface area contributed by atoms with Crippen LogP contribution in [0.15, 0.2) is 97.1 Å². The Hall–Kier alpha value is -3.88. The number of amides is 2. The zero-order valence-electron chi connectivity index (χ0n) is 23.6. The van der Waals surface area contributed by atoms with E-state index in [1.54, 1.807) is 37.7 Å². The Bertz CT molecular complexity index is 1420. The summed E-state index contributed by atoms with van der Waals surface area (Å²) in [6, 6.07) is 32.5. The SMILES string of the molecule is COc1ccc([C@@H]2SCC(=O)N2c2ccc(CCc3ccc(N4C(=O)CS[C@H]4c4ccc(OC)cc4)cc3)cc2)cc1. The highest BCUT2D eigenvalue weighted by Gasteiger charge is 2.35. The van der Waals surface area contributed by atoms with Crippen LogP contribution in [0.1, 0.15) is 33.0 Å². The highest BCUT2D eigenvalue weighted by molar-refractivity contribution is 8.01. The lowest BCUT2D eigenvalue weighted by molar-refractivity contribution is -0.116. The van der Waals surface area contributed by atoms with E-state index in [1.165, 1.54) is 11.1 Å². The van der Waals surface area contributed by atoms with Crippen molar-refractivity contribution in [3.63, 3.8) is 0 Å². The lowest BCUT2D eigenvalue weighted by Gasteiger charge is -2.25. The third kappa shape index (κ3) is 5.87. The Morgan fingerprint density at radius 1 is 0.571 bits per heavy atom. The molecule has 0 unspecified atom stereocenters. The van der Waals surface area contributed by atoms with E-state index < -0.39 is 0 Å². The summed E-state index contributed by atoms with van der Waals surface area (Å²) in [5, 5.41) is -0.0871. The molecule has 4 aromatic rings. The van der Waals surface area contributed by atoms with Crippen LogP contribution in [0.25, 0.3) is 0 Å². The summed E-state index contributed by atoms with van der Waals surface area (Å²) < 4.78 is 10.6. The van der Waals surface area contributed by atoms with Gasteiger partial charge in [0.1, 0.15) is 22.2 Å². The smallest absolute Gasteiger partial charge is 0.238 e. The second-order valence-electron chi connectivity index (χ2n) is 10.2. The van der Waals surface area contributed by atoms with Crippen LogP contribution < -0.4 is 19.3 Å². The van der Waals surface area contributed by atoms with Gasteiger partial charge in [0.15, 0.2) is 0 Å². The van der Waals surface area contributed by atoms with Crippen molar-refractivity contribution >= 4 is 46.7 Å². The first kappa shape index (κ1) is 28.2. The molecule has 2 aliphatic rings. The molecule has 6 nitrogen and oxygen atoms in total. The van der Waals surface area contributed by atoms with Crippen LogP contribution in [0.2, 0.25) is 0 Å². The summed E-state index contributed by atoms with van der Waals surface area (Å²) in [5.41, 5.74) is 6.44. The Labute approximate surface area is 255 Å². The third-order valence-electron chi connectivity index (χ3n) is 7.67. The molecule has 2 saturated heterocycles. The minimum Gasteiger partial charge on any atom is -0.497 e. The zero-order valence-corrected chi connectivity index (χ0v) is 25.2. The van der Waals surface area contributed by atoms with Crippen molar-refractivity contribution in [3.05, 3.63) is 119 Å². The van der Waals surface area contributed by atoms with Crippen LogP contribution in [-0.2, 0) is 22.4 Å². The number of anilines is 2. The zero-order chi connectivity index (χ0) is 29.1. The summed E-state index contributed by atoms with van der Waals surface area (Å²) in [7, 11) is 3.31. The van der Waals surface area contributed by atoms with Gasteiger partial charge in [-0.05, 0) is 83.6 Å². The Kier molecular flexibility index (Phi) is 8.44. The van der Waals surface area contributed by atoms with Gasteiger partial charge >= 0.3 is 0 Å². The Balaban J connectivity index is 1.09. The van der Waals surface area contributed by atoms with Crippen LogP contribution in [0.4, 0.5) is 11.4 Å². The number of hydrogen-bond acceptors (Lipinski definition) is 6. The van der Waals surface area contributed by atoms with Gasteiger partial charge in [0.2, 0.25) is 11.8 Å². The van der Waals surface area contributed by atoms with Crippen LogP contribution in [0, 0.1) is 0 Å². The molecule has 0 saturated carbocycles. The summed E-state index contributed by atoms with van der Waals surface area (Å²) >= 11 is 3.29. The van der Waals surface area contributed by atoms with Gasteiger partial charge in [-0.1, -0.05) is 48.5 Å². The van der Waals surface area contributed by atoms with Gasteiger partial charge in [0.25, 0.3) is 0 Å². The predicted molar refractivity (Wildman–Crippen MR) is 172 cm³/mol. The maximum Gasteiger partial charge on any atom is 0.238 e. The standard InChI is InChI=1S/C34H32N2O4S2/c1-39-29-17-9-25(10-18-29)33-35(31(37)21-41-33)27-13-5-23(6-14-27)3-4-24-7-15-28(16-8-24)36-32(38)22-42-34(36)26-11-19-30(40-2)20-12-26/h5-20,33-34H,3-4,21-22H2,1-2H3/t33-,34-/m0/s1. The van der Waals surface area contributed by atoms with Gasteiger partial charge in [-0.15, -0.1) is 23.5 Å². The number of rotatable bonds is 9. The number of carbonyl (C=O) groups excluding carboxylic acids is 2. The van der Waals surface area contributed by atoms with Crippen molar-refractivity contribution in [2.24, 2.45) is 0 Å². The first-order valence-electron chi connectivity index (χ1n) is 13.9. The summed E-state index contributed by atoms with van der Waals surface area (Å²) in [4.78, 5) is 29.4. The normalized spacial score (nSPS) is 18.5. The van der Waals surface area contributed by atoms with Crippen molar-refractivity contribution in [2.45, 2.75) is 23.6 Å².